The Hall–Kier alpha value is -2.53. The number of aromatic nitrogens is 1. The van der Waals surface area contributed by atoms with Gasteiger partial charge in [0, 0.05) is 28.4 Å². The number of ether oxygens (including phenoxy) is 2. The Balaban J connectivity index is 2.04. The quantitative estimate of drug-likeness (QED) is 0.334. The molecule has 0 aliphatic rings. The molecule has 31 heavy (non-hydrogen) atoms. The van der Waals surface area contributed by atoms with Crippen LogP contribution in [-0.2, 0) is 13.5 Å². The van der Waals surface area contributed by atoms with E-state index in [9.17, 15) is 4.79 Å². The molecule has 0 spiro atoms. The normalized spacial score (nSPS) is 12.5. The van der Waals surface area contributed by atoms with Crippen molar-refractivity contribution in [3.8, 4) is 22.6 Å². The highest BCUT2D eigenvalue weighted by atomic mass is 32.1. The van der Waals surface area contributed by atoms with Gasteiger partial charge in [-0.3, -0.25) is 4.79 Å². The first-order valence-electron chi connectivity index (χ1n) is 11.0. The highest BCUT2D eigenvalue weighted by Gasteiger charge is 2.17. The van der Waals surface area contributed by atoms with Gasteiger partial charge in [-0.1, -0.05) is 38.0 Å². The largest absolute Gasteiger partial charge is 0.493 e. The fourth-order valence-electron chi connectivity index (χ4n) is 4.15. The van der Waals surface area contributed by atoms with Crippen LogP contribution in [0.15, 0.2) is 47.4 Å². The molecule has 0 aliphatic heterocycles. The number of hydrogen-bond donors (Lipinski definition) is 0. The number of thiophene rings is 1. The average Bonchev–Trinajstić information content (AvgIpc) is 3.20. The Kier molecular flexibility index (Phi) is 7.97. The maximum atomic E-state index is 12.9. The lowest BCUT2D eigenvalue weighted by molar-refractivity contribution is 0.355. The third kappa shape index (κ3) is 5.21. The number of rotatable bonds is 10. The maximum Gasteiger partial charge on any atom is 0.259 e. The highest BCUT2D eigenvalue weighted by Crippen LogP contribution is 2.38. The first kappa shape index (κ1) is 23.1. The Morgan fingerprint density at radius 3 is 2.58 bits per heavy atom. The monoisotopic (exact) mass is 439 g/mol. The van der Waals surface area contributed by atoms with Crippen LogP contribution in [0.2, 0.25) is 0 Å². The zero-order valence-electron chi connectivity index (χ0n) is 19.2. The smallest absolute Gasteiger partial charge is 0.259 e. The summed E-state index contributed by atoms with van der Waals surface area (Å²) in [6.07, 6.45) is 12.0. The lowest BCUT2D eigenvalue weighted by Gasteiger charge is -2.13. The van der Waals surface area contributed by atoms with Gasteiger partial charge in [-0.2, -0.15) is 0 Å². The summed E-state index contributed by atoms with van der Waals surface area (Å²) in [4.78, 5) is 14.2. The van der Waals surface area contributed by atoms with Crippen molar-refractivity contribution >= 4 is 21.4 Å². The SMILES string of the molecule is C/C=C\CCC(CCC)Cc1cc2c(=O)n(C)cc(-c3ccc(OC)c(OC)c3)c2s1. The number of methoxy groups -OCH3 is 2. The van der Waals surface area contributed by atoms with Crippen molar-refractivity contribution in [3.63, 3.8) is 0 Å². The third-order valence-electron chi connectivity index (χ3n) is 5.76. The van der Waals surface area contributed by atoms with E-state index in [4.69, 9.17) is 9.47 Å². The van der Waals surface area contributed by atoms with Gasteiger partial charge in [0.2, 0.25) is 0 Å². The van der Waals surface area contributed by atoms with Gasteiger partial charge in [0.25, 0.3) is 5.56 Å². The maximum absolute atomic E-state index is 12.9. The minimum absolute atomic E-state index is 0.0580. The molecule has 0 radical (unpaired) electrons. The lowest BCUT2D eigenvalue weighted by atomic mass is 9.93. The molecule has 2 heterocycles. The summed E-state index contributed by atoms with van der Waals surface area (Å²) in [5, 5.41) is 0.804. The molecule has 3 rings (SSSR count). The molecule has 0 saturated heterocycles. The van der Waals surface area contributed by atoms with Crippen molar-refractivity contribution in [1.82, 2.24) is 4.57 Å². The summed E-state index contributed by atoms with van der Waals surface area (Å²) < 4.78 is 13.6. The molecule has 0 saturated carbocycles. The fourth-order valence-corrected chi connectivity index (χ4v) is 5.45. The average molecular weight is 440 g/mol. The second-order valence-corrected chi connectivity index (χ2v) is 9.13. The molecule has 0 amide bonds. The van der Waals surface area contributed by atoms with Crippen LogP contribution in [0, 0.1) is 5.92 Å². The second kappa shape index (κ2) is 10.7. The number of nitrogens with zero attached hydrogens (tertiary/aromatic N) is 1. The van der Waals surface area contributed by atoms with Crippen LogP contribution in [0.5, 0.6) is 11.5 Å². The van der Waals surface area contributed by atoms with E-state index in [2.05, 4.69) is 32.1 Å². The zero-order valence-corrected chi connectivity index (χ0v) is 20.1. The zero-order chi connectivity index (χ0) is 22.4. The number of fused-ring (bicyclic) bond motifs is 1. The number of benzene rings is 1. The summed E-state index contributed by atoms with van der Waals surface area (Å²) in [5.74, 6) is 2.02. The molecule has 0 bridgehead atoms. The van der Waals surface area contributed by atoms with Gasteiger partial charge in [-0.05, 0) is 55.9 Å². The summed E-state index contributed by atoms with van der Waals surface area (Å²) >= 11 is 1.75. The molecule has 4 nitrogen and oxygen atoms in total. The minimum Gasteiger partial charge on any atom is -0.493 e. The van der Waals surface area contributed by atoms with Crippen LogP contribution in [0.25, 0.3) is 21.2 Å². The molecule has 0 fully saturated rings. The van der Waals surface area contributed by atoms with Gasteiger partial charge in [-0.25, -0.2) is 0 Å². The molecule has 3 aromatic rings. The van der Waals surface area contributed by atoms with Gasteiger partial charge in [0.05, 0.1) is 19.6 Å². The molecular formula is C26H33NO3S. The lowest BCUT2D eigenvalue weighted by Crippen LogP contribution is -2.15. The van der Waals surface area contributed by atoms with E-state index in [1.165, 1.54) is 24.1 Å². The Labute approximate surface area is 189 Å². The molecule has 1 atom stereocenters. The van der Waals surface area contributed by atoms with Gasteiger partial charge >= 0.3 is 0 Å². The summed E-state index contributed by atoms with van der Waals surface area (Å²) in [5.41, 5.74) is 2.13. The molecule has 1 unspecified atom stereocenters. The molecule has 5 heteroatoms. The first-order valence-corrected chi connectivity index (χ1v) is 11.8. The first-order chi connectivity index (χ1) is 15.0. The van der Waals surface area contributed by atoms with E-state index in [0.717, 1.165) is 34.1 Å². The third-order valence-corrected chi connectivity index (χ3v) is 6.95. The van der Waals surface area contributed by atoms with Crippen LogP contribution < -0.4 is 15.0 Å². The fraction of sp³-hybridized carbons (Fsp3) is 0.423. The number of pyridine rings is 1. The Morgan fingerprint density at radius 1 is 1.13 bits per heavy atom. The van der Waals surface area contributed by atoms with E-state index in [-0.39, 0.29) is 5.56 Å². The molecule has 1 aromatic carbocycles. The van der Waals surface area contributed by atoms with Crippen LogP contribution in [-0.4, -0.2) is 18.8 Å². The highest BCUT2D eigenvalue weighted by molar-refractivity contribution is 7.19. The van der Waals surface area contributed by atoms with Crippen LogP contribution >= 0.6 is 11.3 Å². The van der Waals surface area contributed by atoms with Crippen LogP contribution in [0.1, 0.15) is 44.4 Å². The second-order valence-electron chi connectivity index (χ2n) is 7.99. The minimum atomic E-state index is 0.0580. The van der Waals surface area contributed by atoms with Crippen LogP contribution in [0.3, 0.4) is 0 Å². The summed E-state index contributed by atoms with van der Waals surface area (Å²) in [6.45, 7) is 4.32. The van der Waals surface area contributed by atoms with Crippen molar-refractivity contribution in [3.05, 3.63) is 57.8 Å². The molecule has 0 N–H and O–H groups in total. The number of hydrogen-bond acceptors (Lipinski definition) is 4. The van der Waals surface area contributed by atoms with Gasteiger partial charge < -0.3 is 14.0 Å². The predicted octanol–water partition coefficient (Wildman–Crippen LogP) is 6.60. The van der Waals surface area contributed by atoms with Crippen molar-refractivity contribution in [2.24, 2.45) is 13.0 Å². The Bertz CT molecular complexity index is 1110. The molecule has 166 valence electrons. The van der Waals surface area contributed by atoms with Gasteiger partial charge in [0.1, 0.15) is 0 Å². The van der Waals surface area contributed by atoms with E-state index in [0.29, 0.717) is 17.4 Å². The molecule has 0 aliphatic carbocycles. The number of aryl methyl sites for hydroxylation is 1. The van der Waals surface area contributed by atoms with E-state index in [1.54, 1.807) is 30.1 Å². The van der Waals surface area contributed by atoms with Crippen molar-refractivity contribution in [1.29, 1.82) is 0 Å². The van der Waals surface area contributed by atoms with Gasteiger partial charge in [0.15, 0.2) is 11.5 Å². The van der Waals surface area contributed by atoms with Crippen molar-refractivity contribution in [2.75, 3.05) is 14.2 Å². The van der Waals surface area contributed by atoms with Crippen molar-refractivity contribution in [2.45, 2.75) is 46.0 Å². The van der Waals surface area contributed by atoms with Crippen molar-refractivity contribution < 1.29 is 9.47 Å². The standard InChI is InChI=1S/C26H33NO3S/c1-6-8-9-11-18(10-7-2)14-20-16-21-25(31-20)22(17-27(3)26(21)28)19-12-13-23(29-4)24(15-19)30-5/h6,8,12-13,15-18H,7,9-11,14H2,1-5H3/b8-6-. The molecular weight excluding hydrogens is 406 g/mol. The molecule has 2 aromatic heterocycles. The van der Waals surface area contributed by atoms with E-state index < -0.39 is 0 Å². The van der Waals surface area contributed by atoms with E-state index >= 15 is 0 Å². The van der Waals surface area contributed by atoms with Crippen LogP contribution in [0.4, 0.5) is 0 Å². The van der Waals surface area contributed by atoms with E-state index in [1.807, 2.05) is 31.4 Å². The summed E-state index contributed by atoms with van der Waals surface area (Å²) in [7, 11) is 5.10. The number of allylic oxidation sites excluding steroid dienone is 2. The Morgan fingerprint density at radius 2 is 1.90 bits per heavy atom. The van der Waals surface area contributed by atoms with Gasteiger partial charge in [-0.15, -0.1) is 11.3 Å². The predicted molar refractivity (Wildman–Crippen MR) is 132 cm³/mol. The summed E-state index contributed by atoms with van der Waals surface area (Å²) in [6, 6.07) is 8.04. The topological polar surface area (TPSA) is 40.5 Å².